The van der Waals surface area contributed by atoms with Gasteiger partial charge in [-0.05, 0) is 27.7 Å². The Balaban J connectivity index is -0.000000142. The third kappa shape index (κ3) is 14.8. The summed E-state index contributed by atoms with van der Waals surface area (Å²) >= 11 is 0. The number of amides is 2. The summed E-state index contributed by atoms with van der Waals surface area (Å²) in [4.78, 5) is 40.4. The number of nitrogens with zero attached hydrogens (tertiary/aromatic N) is 1. The lowest BCUT2D eigenvalue weighted by atomic mass is 10.6. The molecule has 0 bridgehead atoms. The topological polar surface area (TPSA) is 256 Å². The zero-order valence-corrected chi connectivity index (χ0v) is 18.5. The first-order valence-corrected chi connectivity index (χ1v) is 10.8. The van der Waals surface area contributed by atoms with Gasteiger partial charge in [-0.3, -0.25) is 18.7 Å². The Morgan fingerprint density at radius 3 is 1.19 bits per heavy atom. The average Bonchev–Trinajstić information content (AvgIpc) is 3.29. The van der Waals surface area contributed by atoms with E-state index in [4.69, 9.17) is 0 Å². The zero-order valence-electron chi connectivity index (χ0n) is 16.7. The molecular weight excluding hydrogens is 404 g/mol. The van der Waals surface area contributed by atoms with Gasteiger partial charge < -0.3 is 47.1 Å². The molecule has 11 N–H and O–H groups in total. The number of carbonyl (C=O) groups is 2. The van der Waals surface area contributed by atoms with Gasteiger partial charge in [-0.15, -0.1) is 0 Å². The van der Waals surface area contributed by atoms with Crippen molar-refractivity contribution in [1.29, 1.82) is 0 Å². The first kappa shape index (κ1) is 33.7. The minimum absolute atomic E-state index is 0. The molecule has 0 aliphatic carbocycles. The summed E-state index contributed by atoms with van der Waals surface area (Å²) in [6.07, 6.45) is 0. The average molecular weight is 439 g/mol. The molecule has 0 aromatic heterocycles. The van der Waals surface area contributed by atoms with Gasteiger partial charge in [0.2, 0.25) is 15.2 Å². The molecule has 1 heterocycles. The summed E-state index contributed by atoms with van der Waals surface area (Å²) in [5, 5.41) is 0. The summed E-state index contributed by atoms with van der Waals surface area (Å²) in [6, 6.07) is 0. The molecule has 1 aliphatic rings. The van der Waals surface area contributed by atoms with E-state index in [0.717, 1.165) is 0 Å². The highest BCUT2D eigenvalue weighted by Crippen LogP contribution is 2.36. The van der Waals surface area contributed by atoms with Crippen molar-refractivity contribution in [2.24, 2.45) is 11.5 Å². The second-order valence-corrected chi connectivity index (χ2v) is 8.32. The van der Waals surface area contributed by atoms with Crippen molar-refractivity contribution in [2.45, 2.75) is 27.7 Å². The van der Waals surface area contributed by atoms with E-state index in [1.165, 1.54) is 44.5 Å². The number of carbonyl (C=O) groups excluding carboxylic acids is 2. The lowest BCUT2D eigenvalue weighted by Crippen LogP contribution is -2.24. The minimum Gasteiger partial charge on any atom is -0.772 e. The highest BCUT2D eigenvalue weighted by atomic mass is 31.2. The van der Waals surface area contributed by atoms with Gasteiger partial charge in [-0.1, -0.05) is 0 Å². The largest absolute Gasteiger partial charge is 0.772 e. The van der Waals surface area contributed by atoms with Crippen molar-refractivity contribution < 1.29 is 42.0 Å². The maximum atomic E-state index is 10.3. The number of primary amides is 2. The van der Waals surface area contributed by atoms with Crippen LogP contribution >= 0.6 is 15.2 Å². The number of rotatable bonds is 8. The molecule has 27 heavy (non-hydrogen) atoms. The Kier molecular flexibility index (Phi) is 18.8. The van der Waals surface area contributed by atoms with Crippen LogP contribution in [0.15, 0.2) is 0 Å². The molecule has 15 heteroatoms. The van der Waals surface area contributed by atoms with E-state index < -0.39 is 26.5 Å². The number of nitrogens with two attached hydrogens (primary N) is 2. The molecule has 1 saturated heterocycles. The monoisotopic (exact) mass is 439 g/mol. The van der Waals surface area contributed by atoms with Gasteiger partial charge in [0.25, 0.3) is 11.3 Å². The number of likely N-dealkylation sites (N-methyl/N-ethyl adjacent to an activating group) is 1. The van der Waals surface area contributed by atoms with E-state index in [2.05, 4.69) is 34.4 Å². The maximum Gasteiger partial charge on any atom is 0.288 e. The predicted octanol–water partition coefficient (Wildman–Crippen LogP) is 0.705. The third-order valence-electron chi connectivity index (χ3n) is 3.34. The second kappa shape index (κ2) is 15.1. The van der Waals surface area contributed by atoms with E-state index in [-0.39, 0.29) is 25.5 Å². The number of hydrogen-bond acceptors (Lipinski definition) is 9. The van der Waals surface area contributed by atoms with Gasteiger partial charge in [-0.2, -0.15) is 0 Å². The van der Waals surface area contributed by atoms with Crippen LogP contribution in [0.2, 0.25) is 0 Å². The molecule has 166 valence electrons. The Bertz CT molecular complexity index is 488. The van der Waals surface area contributed by atoms with Crippen molar-refractivity contribution in [3.05, 3.63) is 0 Å². The van der Waals surface area contributed by atoms with Gasteiger partial charge in [0.15, 0.2) is 0 Å². The molecule has 0 radical (unpaired) electrons. The van der Waals surface area contributed by atoms with Gasteiger partial charge in [-0.25, -0.2) is 0 Å². The summed E-state index contributed by atoms with van der Waals surface area (Å²) in [6.45, 7) is 12.9. The summed E-state index contributed by atoms with van der Waals surface area (Å²) in [5.41, 5.74) is 5.98. The van der Waals surface area contributed by atoms with Crippen LogP contribution in [0.1, 0.15) is 27.7 Å². The van der Waals surface area contributed by atoms with E-state index in [1.807, 2.05) is 0 Å². The lowest BCUT2D eigenvalue weighted by molar-refractivity contribution is -0.795. The van der Waals surface area contributed by atoms with E-state index >= 15 is 0 Å². The van der Waals surface area contributed by atoms with E-state index in [0.29, 0.717) is 0 Å². The Morgan fingerprint density at radius 2 is 1.15 bits per heavy atom. The maximum absolute atomic E-state index is 10.3. The first-order valence-electron chi connectivity index (χ1n) is 7.70. The Labute approximate surface area is 160 Å². The van der Waals surface area contributed by atoms with Crippen molar-refractivity contribution in [1.82, 2.24) is 12.3 Å². The molecule has 1 rings (SSSR count). The van der Waals surface area contributed by atoms with Crippen LogP contribution in [0.3, 0.4) is 0 Å². The van der Waals surface area contributed by atoms with Crippen LogP contribution in [0, 0.1) is 0 Å². The molecule has 2 atom stereocenters. The van der Waals surface area contributed by atoms with Gasteiger partial charge in [0.05, 0.1) is 26.3 Å². The second-order valence-electron chi connectivity index (χ2n) is 4.93. The molecule has 0 aromatic rings. The number of hydrogen-bond donors (Lipinski definition) is 4. The quantitative estimate of drug-likeness (QED) is 0.235. The molecule has 13 nitrogen and oxygen atoms in total. The Hall–Kier alpha value is -0.880. The summed E-state index contributed by atoms with van der Waals surface area (Å²) in [7, 11) is -8.75. The van der Waals surface area contributed by atoms with Crippen LogP contribution in [0.25, 0.3) is 0 Å². The highest BCUT2D eigenvalue weighted by molar-refractivity contribution is 7.69. The van der Waals surface area contributed by atoms with Crippen molar-refractivity contribution in [2.75, 3.05) is 39.4 Å². The van der Waals surface area contributed by atoms with E-state index in [1.54, 1.807) is 0 Å². The van der Waals surface area contributed by atoms with Gasteiger partial charge >= 0.3 is 0 Å². The Morgan fingerprint density at radius 1 is 0.889 bits per heavy atom. The van der Waals surface area contributed by atoms with Crippen LogP contribution < -0.4 is 33.6 Å². The smallest absolute Gasteiger partial charge is 0.288 e. The first-order chi connectivity index (χ1) is 11.3. The van der Waals surface area contributed by atoms with Crippen molar-refractivity contribution >= 4 is 26.5 Å². The van der Waals surface area contributed by atoms with Crippen LogP contribution in [0.5, 0.6) is 0 Å². The molecule has 0 saturated carbocycles. The third-order valence-corrected chi connectivity index (χ3v) is 5.61. The molecule has 1 aliphatic heterocycles. The van der Waals surface area contributed by atoms with Gasteiger partial charge in [0, 0.05) is 0 Å². The SMILES string of the molecule is CCOP(=O)([O-])C(N)=O.CCOP(=O)([O-])C(N)=O.CC[N+]1(CC)CC1.N.[NH4+]. The zero-order chi connectivity index (χ0) is 20.3. The molecule has 2 unspecified atom stereocenters. The summed E-state index contributed by atoms with van der Waals surface area (Å²) < 4.78 is 29.9. The fourth-order valence-corrected chi connectivity index (χ4v) is 2.40. The molecule has 2 amide bonds. The number of quaternary nitrogens is 2. The van der Waals surface area contributed by atoms with Crippen LogP contribution in [-0.4, -0.2) is 55.2 Å². The van der Waals surface area contributed by atoms with Crippen molar-refractivity contribution in [3.63, 3.8) is 0 Å². The lowest BCUT2D eigenvalue weighted by Gasteiger charge is -2.16. The normalized spacial score (nSPS) is 17.6. The highest BCUT2D eigenvalue weighted by Gasteiger charge is 2.37. The van der Waals surface area contributed by atoms with Crippen molar-refractivity contribution in [3.8, 4) is 0 Å². The van der Waals surface area contributed by atoms with Crippen LogP contribution in [-0.2, 0) is 18.2 Å². The van der Waals surface area contributed by atoms with Gasteiger partial charge in [0.1, 0.15) is 13.1 Å². The standard InChI is InChI=1S/C6H14N.2C3H8NO4P.2H3N/c1-3-7(4-2)5-6-7;2*1-2-8-9(6,7)3(4)5;;/h3-6H2,1-2H3;2*2H2,1H3,(H2,4,5)(H,6,7);2*1H3/q+1;;;;/p-1. The molecule has 1 fully saturated rings. The molecule has 0 spiro atoms. The fraction of sp³-hybridized carbons (Fsp3) is 0.833. The predicted molar refractivity (Wildman–Crippen MR) is 99.7 cm³/mol. The van der Waals surface area contributed by atoms with E-state index in [9.17, 15) is 28.5 Å². The molecular formula is C12H35N5O8P2. The molecule has 0 aromatic carbocycles. The van der Waals surface area contributed by atoms with Crippen LogP contribution in [0.4, 0.5) is 9.59 Å². The fourth-order valence-electron chi connectivity index (χ4n) is 1.46. The summed E-state index contributed by atoms with van der Waals surface area (Å²) in [5.74, 6) is 0. The minimum atomic E-state index is -4.38.